The summed E-state index contributed by atoms with van der Waals surface area (Å²) in [6.45, 7) is 6.84. The van der Waals surface area contributed by atoms with Crippen LogP contribution in [0, 0.1) is 29.5 Å². The Hall–Kier alpha value is -4.87. The summed E-state index contributed by atoms with van der Waals surface area (Å²) in [5.74, 6) is 10.3. The summed E-state index contributed by atoms with van der Waals surface area (Å²) >= 11 is 0. The van der Waals surface area contributed by atoms with Crippen molar-refractivity contribution in [3.63, 3.8) is 0 Å². The van der Waals surface area contributed by atoms with Crippen LogP contribution in [-0.2, 0) is 32.1 Å². The first-order chi connectivity index (χ1) is 17.0. The van der Waals surface area contributed by atoms with Gasteiger partial charge in [-0.05, 0) is 53.6 Å². The number of benzene rings is 3. The van der Waals surface area contributed by atoms with E-state index in [2.05, 4.69) is 36.8 Å². The Balaban J connectivity index is 1.63. The number of carbonyl (C=O) groups is 2. The van der Waals surface area contributed by atoms with Crippen LogP contribution >= 0.6 is 0 Å². The van der Waals surface area contributed by atoms with Crippen molar-refractivity contribution in [2.45, 2.75) is 13.0 Å². The normalized spacial score (nSPS) is 9.51. The third-order valence-electron chi connectivity index (χ3n) is 4.68. The molecular weight excluding hydrogens is 443 g/mol. The van der Waals surface area contributed by atoms with Crippen LogP contribution in [0.2, 0.25) is 0 Å². The molecule has 0 N–H and O–H groups in total. The van der Waals surface area contributed by atoms with Crippen molar-refractivity contribution in [2.75, 3.05) is 0 Å². The van der Waals surface area contributed by atoms with E-state index in [1.807, 2.05) is 0 Å². The smallest absolute Gasteiger partial charge is 0.330 e. The van der Waals surface area contributed by atoms with E-state index in [1.165, 1.54) is 6.07 Å². The fraction of sp³-hybridized carbons (Fsp3) is 0.0667. The van der Waals surface area contributed by atoms with Crippen LogP contribution in [0.3, 0.4) is 0 Å². The van der Waals surface area contributed by atoms with Crippen molar-refractivity contribution in [1.82, 2.24) is 0 Å². The summed E-state index contributed by atoms with van der Waals surface area (Å²) in [7, 11) is 0. The van der Waals surface area contributed by atoms with Gasteiger partial charge in [0.05, 0.1) is 18.2 Å². The first-order valence-corrected chi connectivity index (χ1v) is 10.6. The number of esters is 2. The van der Waals surface area contributed by atoms with Crippen molar-refractivity contribution in [2.24, 2.45) is 0 Å². The Kier molecular flexibility index (Phi) is 8.77. The van der Waals surface area contributed by atoms with Crippen molar-refractivity contribution < 1.29 is 23.5 Å². The maximum atomic E-state index is 14.5. The lowest BCUT2D eigenvalue weighted by Gasteiger charge is -2.02. The molecule has 0 unspecified atom stereocenters. The second-order valence-electron chi connectivity index (χ2n) is 7.23. The summed E-state index contributed by atoms with van der Waals surface area (Å²) < 4.78 is 24.2. The standard InChI is InChI=1S/C30H21FO4/c1-3-29(32)35-21-26-13-8-23(9-14-26)15-17-27-18-16-24(19-28(27)31)10-5-22-6-11-25(12-7-22)20-30(33)34-4-2/h3-4,6-9,11-14,16,18-19H,1-2,20-21H2. The maximum absolute atomic E-state index is 14.5. The van der Waals surface area contributed by atoms with Crippen molar-refractivity contribution in [3.8, 4) is 23.7 Å². The molecule has 35 heavy (non-hydrogen) atoms. The molecule has 0 saturated carbocycles. The van der Waals surface area contributed by atoms with Gasteiger partial charge in [0, 0.05) is 22.8 Å². The molecule has 3 aromatic carbocycles. The molecule has 0 atom stereocenters. The highest BCUT2D eigenvalue weighted by molar-refractivity contribution is 5.81. The lowest BCUT2D eigenvalue weighted by atomic mass is 10.1. The minimum Gasteiger partial charge on any atom is -0.458 e. The highest BCUT2D eigenvalue weighted by Gasteiger charge is 2.03. The number of halogens is 1. The minimum atomic E-state index is -0.487. The zero-order valence-corrected chi connectivity index (χ0v) is 18.8. The number of ether oxygens (including phenoxy) is 2. The lowest BCUT2D eigenvalue weighted by Crippen LogP contribution is -2.03. The quantitative estimate of drug-likeness (QED) is 0.221. The van der Waals surface area contributed by atoms with E-state index in [1.54, 1.807) is 60.7 Å². The average Bonchev–Trinajstić information content (AvgIpc) is 2.87. The van der Waals surface area contributed by atoms with Crippen LogP contribution in [0.25, 0.3) is 0 Å². The Bertz CT molecular complexity index is 1360. The van der Waals surface area contributed by atoms with Gasteiger partial charge in [-0.1, -0.05) is 61.1 Å². The molecule has 4 nitrogen and oxygen atoms in total. The third-order valence-corrected chi connectivity index (χ3v) is 4.68. The molecule has 0 aliphatic heterocycles. The van der Waals surface area contributed by atoms with Crippen LogP contribution in [0.5, 0.6) is 0 Å². The van der Waals surface area contributed by atoms with Gasteiger partial charge in [-0.2, -0.15) is 0 Å². The van der Waals surface area contributed by atoms with E-state index in [9.17, 15) is 14.0 Å². The zero-order chi connectivity index (χ0) is 25.0. The largest absolute Gasteiger partial charge is 0.458 e. The molecule has 0 fully saturated rings. The van der Waals surface area contributed by atoms with Gasteiger partial charge in [-0.15, -0.1) is 0 Å². The minimum absolute atomic E-state index is 0.142. The van der Waals surface area contributed by atoms with Gasteiger partial charge in [0.2, 0.25) is 0 Å². The molecule has 0 radical (unpaired) electrons. The van der Waals surface area contributed by atoms with Crippen LogP contribution in [-0.4, -0.2) is 11.9 Å². The first kappa shape index (κ1) is 24.8. The molecule has 0 aliphatic rings. The number of hydrogen-bond donors (Lipinski definition) is 0. The lowest BCUT2D eigenvalue weighted by molar-refractivity contribution is -0.139. The average molecular weight is 464 g/mol. The summed E-state index contributed by atoms with van der Waals surface area (Å²) in [6, 6.07) is 18.9. The summed E-state index contributed by atoms with van der Waals surface area (Å²) in [6.07, 6.45) is 2.35. The second-order valence-corrected chi connectivity index (χ2v) is 7.23. The van der Waals surface area contributed by atoms with Crippen LogP contribution in [0.15, 0.2) is 92.2 Å². The van der Waals surface area contributed by atoms with Crippen LogP contribution < -0.4 is 0 Å². The Morgan fingerprint density at radius 2 is 1.37 bits per heavy atom. The van der Waals surface area contributed by atoms with Gasteiger partial charge in [-0.25, -0.2) is 9.18 Å². The number of hydrogen-bond acceptors (Lipinski definition) is 4. The molecule has 0 amide bonds. The highest BCUT2D eigenvalue weighted by Crippen LogP contribution is 2.11. The molecule has 0 spiro atoms. The van der Waals surface area contributed by atoms with Gasteiger partial charge < -0.3 is 9.47 Å². The number of rotatable bonds is 6. The van der Waals surface area contributed by atoms with E-state index in [-0.39, 0.29) is 24.6 Å². The highest BCUT2D eigenvalue weighted by atomic mass is 19.1. The van der Waals surface area contributed by atoms with E-state index < -0.39 is 11.8 Å². The SMILES string of the molecule is C=COC(=O)Cc1ccc(C#Cc2ccc(C#Cc3ccc(COC(=O)C=C)cc3)c(F)c2)cc1. The molecule has 3 aromatic rings. The Morgan fingerprint density at radius 1 is 0.800 bits per heavy atom. The van der Waals surface area contributed by atoms with Gasteiger partial charge >= 0.3 is 11.9 Å². The fourth-order valence-corrected chi connectivity index (χ4v) is 2.88. The van der Waals surface area contributed by atoms with Gasteiger partial charge in [-0.3, -0.25) is 4.79 Å². The van der Waals surface area contributed by atoms with E-state index in [4.69, 9.17) is 9.47 Å². The van der Waals surface area contributed by atoms with Crippen molar-refractivity contribution in [3.05, 3.63) is 131 Å². The number of carbonyl (C=O) groups excluding carboxylic acids is 2. The Morgan fingerprint density at radius 3 is 1.97 bits per heavy atom. The summed E-state index contributed by atoms with van der Waals surface area (Å²) in [4.78, 5) is 22.6. The second kappa shape index (κ2) is 12.4. The monoisotopic (exact) mass is 464 g/mol. The Labute approximate surface area is 203 Å². The molecule has 172 valence electrons. The molecule has 0 saturated heterocycles. The van der Waals surface area contributed by atoms with E-state index in [0.717, 1.165) is 29.0 Å². The molecular formula is C30H21FO4. The van der Waals surface area contributed by atoms with Gasteiger partial charge in [0.15, 0.2) is 0 Å². The maximum Gasteiger partial charge on any atom is 0.330 e. The summed E-state index contributed by atoms with van der Waals surface area (Å²) in [5.41, 5.74) is 3.82. The van der Waals surface area contributed by atoms with Gasteiger partial charge in [0.1, 0.15) is 12.4 Å². The van der Waals surface area contributed by atoms with Crippen molar-refractivity contribution in [1.29, 1.82) is 0 Å². The topological polar surface area (TPSA) is 52.6 Å². The van der Waals surface area contributed by atoms with Crippen LogP contribution in [0.4, 0.5) is 4.39 Å². The fourth-order valence-electron chi connectivity index (χ4n) is 2.88. The molecule has 0 aliphatic carbocycles. The van der Waals surface area contributed by atoms with Gasteiger partial charge in [0.25, 0.3) is 0 Å². The predicted octanol–water partition coefficient (Wildman–Crippen LogP) is 5.08. The molecule has 0 bridgehead atoms. The van der Waals surface area contributed by atoms with Crippen molar-refractivity contribution >= 4 is 11.9 Å². The summed E-state index contributed by atoms with van der Waals surface area (Å²) in [5, 5.41) is 0. The van der Waals surface area contributed by atoms with E-state index in [0.29, 0.717) is 11.1 Å². The zero-order valence-electron chi connectivity index (χ0n) is 18.8. The predicted molar refractivity (Wildman–Crippen MR) is 131 cm³/mol. The van der Waals surface area contributed by atoms with E-state index >= 15 is 0 Å². The first-order valence-electron chi connectivity index (χ1n) is 10.6. The third kappa shape index (κ3) is 7.89. The molecule has 5 heteroatoms. The molecule has 0 heterocycles. The molecule has 3 rings (SSSR count). The molecule has 0 aromatic heterocycles. The van der Waals surface area contributed by atoms with Crippen LogP contribution in [0.1, 0.15) is 33.4 Å².